The first-order valence-electron chi connectivity index (χ1n) is 8.11. The molecule has 1 aromatic carbocycles. The number of carbonyl (C=O) groups is 2. The van der Waals surface area contributed by atoms with E-state index in [1.54, 1.807) is 12.1 Å². The molecule has 6 nitrogen and oxygen atoms in total. The second kappa shape index (κ2) is 7.19. The second-order valence-corrected chi connectivity index (χ2v) is 6.07. The Balaban J connectivity index is 1.67. The van der Waals surface area contributed by atoms with Gasteiger partial charge in [-0.05, 0) is 30.9 Å². The molecule has 0 unspecified atom stereocenters. The number of amides is 2. The average molecular weight is 366 g/mol. The van der Waals surface area contributed by atoms with Gasteiger partial charge in [0, 0.05) is 6.42 Å². The van der Waals surface area contributed by atoms with E-state index in [1.807, 2.05) is 12.2 Å². The minimum atomic E-state index is -4.70. The quantitative estimate of drug-likeness (QED) is 0.645. The van der Waals surface area contributed by atoms with Crippen LogP contribution in [-0.4, -0.2) is 21.4 Å². The smallest absolute Gasteiger partial charge is 0.311 e. The van der Waals surface area contributed by atoms with E-state index in [0.717, 1.165) is 17.4 Å². The van der Waals surface area contributed by atoms with Crippen molar-refractivity contribution in [2.75, 3.05) is 0 Å². The summed E-state index contributed by atoms with van der Waals surface area (Å²) >= 11 is 0. The summed E-state index contributed by atoms with van der Waals surface area (Å²) in [6.45, 7) is -0.612. The molecule has 0 bridgehead atoms. The molecule has 0 saturated heterocycles. The van der Waals surface area contributed by atoms with Crippen molar-refractivity contribution >= 4 is 22.8 Å². The summed E-state index contributed by atoms with van der Waals surface area (Å²) in [5, 5.41) is 0. The Labute approximate surface area is 147 Å². The molecule has 26 heavy (non-hydrogen) atoms. The lowest BCUT2D eigenvalue weighted by atomic mass is 10.1. The zero-order chi connectivity index (χ0) is 18.7. The number of benzene rings is 1. The molecule has 2 N–H and O–H groups in total. The van der Waals surface area contributed by atoms with Crippen LogP contribution in [0.4, 0.5) is 13.2 Å². The number of halogens is 3. The minimum Gasteiger partial charge on any atom is -0.311 e. The summed E-state index contributed by atoms with van der Waals surface area (Å²) in [7, 11) is 0. The molecule has 1 aliphatic carbocycles. The molecule has 1 atom stereocenters. The second-order valence-electron chi connectivity index (χ2n) is 6.07. The number of nitrogens with zero attached hydrogens (tertiary/aromatic N) is 2. The fourth-order valence-corrected chi connectivity index (χ4v) is 2.93. The predicted octanol–water partition coefficient (Wildman–Crippen LogP) is 2.56. The summed E-state index contributed by atoms with van der Waals surface area (Å²) in [6, 6.07) is 6.03. The lowest BCUT2D eigenvalue weighted by Crippen LogP contribution is -2.43. The molecule has 0 radical (unpaired) electrons. The van der Waals surface area contributed by atoms with Crippen molar-refractivity contribution in [3.05, 3.63) is 42.2 Å². The molecule has 0 spiro atoms. The fraction of sp³-hybridized carbons (Fsp3) is 0.353. The number of para-hydroxylation sites is 2. The van der Waals surface area contributed by atoms with Gasteiger partial charge in [0.1, 0.15) is 6.54 Å². The van der Waals surface area contributed by atoms with Gasteiger partial charge in [0.25, 0.3) is 5.91 Å². The first-order chi connectivity index (χ1) is 12.3. The van der Waals surface area contributed by atoms with Crippen molar-refractivity contribution in [1.29, 1.82) is 0 Å². The molecule has 0 saturated carbocycles. The maximum absolute atomic E-state index is 13.2. The number of hydrogen-bond donors (Lipinski definition) is 2. The maximum Gasteiger partial charge on any atom is 0.449 e. The molecule has 1 heterocycles. The van der Waals surface area contributed by atoms with Crippen LogP contribution in [0.3, 0.4) is 0 Å². The molecular formula is C17H17F3N4O2. The molecule has 1 aliphatic rings. The van der Waals surface area contributed by atoms with Crippen LogP contribution < -0.4 is 10.9 Å². The maximum atomic E-state index is 13.2. The summed E-state index contributed by atoms with van der Waals surface area (Å²) in [5.74, 6) is -2.19. The SMILES string of the molecule is O=C(C[C@@H]1C=CCC1)NNC(=O)Cn1c(C(F)(F)F)nc2ccccc21. The molecule has 138 valence electrons. The number of fused-ring (bicyclic) bond motifs is 1. The highest BCUT2D eigenvalue weighted by molar-refractivity contribution is 5.84. The zero-order valence-corrected chi connectivity index (χ0v) is 13.7. The van der Waals surface area contributed by atoms with E-state index in [-0.39, 0.29) is 29.3 Å². The van der Waals surface area contributed by atoms with Crippen molar-refractivity contribution in [1.82, 2.24) is 20.4 Å². The Kier molecular flexibility index (Phi) is 4.97. The molecule has 2 aromatic rings. The molecule has 0 fully saturated rings. The van der Waals surface area contributed by atoms with Crippen molar-refractivity contribution < 1.29 is 22.8 Å². The van der Waals surface area contributed by atoms with E-state index in [4.69, 9.17) is 0 Å². The van der Waals surface area contributed by atoms with Gasteiger partial charge in [-0.1, -0.05) is 24.3 Å². The van der Waals surface area contributed by atoms with Gasteiger partial charge in [-0.2, -0.15) is 13.2 Å². The summed E-state index contributed by atoms with van der Waals surface area (Å²) in [4.78, 5) is 27.4. The van der Waals surface area contributed by atoms with Crippen LogP contribution in [0.15, 0.2) is 36.4 Å². The lowest BCUT2D eigenvalue weighted by molar-refractivity contribution is -0.147. The van der Waals surface area contributed by atoms with Crippen molar-refractivity contribution in [2.45, 2.75) is 32.0 Å². The Morgan fingerprint density at radius 1 is 1.19 bits per heavy atom. The average Bonchev–Trinajstić information content (AvgIpc) is 3.21. The third kappa shape index (κ3) is 4.04. The van der Waals surface area contributed by atoms with E-state index in [0.29, 0.717) is 0 Å². The van der Waals surface area contributed by atoms with E-state index >= 15 is 0 Å². The number of nitrogens with one attached hydrogen (secondary N) is 2. The molecule has 0 aliphatic heterocycles. The summed E-state index contributed by atoms with van der Waals surface area (Å²) in [6.07, 6.45) is 1.24. The van der Waals surface area contributed by atoms with Gasteiger partial charge in [0.05, 0.1) is 11.0 Å². The predicted molar refractivity (Wildman–Crippen MR) is 87.5 cm³/mol. The zero-order valence-electron chi connectivity index (χ0n) is 13.7. The van der Waals surface area contributed by atoms with Crippen LogP contribution in [0.2, 0.25) is 0 Å². The number of imidazole rings is 1. The van der Waals surface area contributed by atoms with Crippen molar-refractivity contribution in [3.8, 4) is 0 Å². The first kappa shape index (κ1) is 18.0. The third-order valence-corrected chi connectivity index (χ3v) is 4.11. The Bertz CT molecular complexity index is 857. The van der Waals surface area contributed by atoms with Gasteiger partial charge in [-0.3, -0.25) is 20.4 Å². The van der Waals surface area contributed by atoms with Crippen molar-refractivity contribution in [2.24, 2.45) is 5.92 Å². The van der Waals surface area contributed by atoms with Crippen LogP contribution in [0.5, 0.6) is 0 Å². The number of rotatable bonds is 4. The standard InChI is InChI=1S/C17H17F3N4O2/c18-17(19,20)16-21-12-7-3-4-8-13(12)24(16)10-15(26)23-22-14(25)9-11-5-1-2-6-11/h1,3-5,7-8,11H,2,6,9-10H2,(H,22,25)(H,23,26)/t11-/m1/s1. The highest BCUT2D eigenvalue weighted by Gasteiger charge is 2.38. The van der Waals surface area contributed by atoms with Crippen LogP contribution in [0, 0.1) is 5.92 Å². The molecule has 2 amide bonds. The molecular weight excluding hydrogens is 349 g/mol. The van der Waals surface area contributed by atoms with Gasteiger partial charge >= 0.3 is 6.18 Å². The largest absolute Gasteiger partial charge is 0.449 e. The number of aromatic nitrogens is 2. The Morgan fingerprint density at radius 2 is 1.92 bits per heavy atom. The highest BCUT2D eigenvalue weighted by atomic mass is 19.4. The molecule has 1 aromatic heterocycles. The monoisotopic (exact) mass is 366 g/mol. The van der Waals surface area contributed by atoms with Crippen molar-refractivity contribution in [3.63, 3.8) is 0 Å². The highest BCUT2D eigenvalue weighted by Crippen LogP contribution is 2.31. The van der Waals surface area contributed by atoms with Crippen LogP contribution in [0.1, 0.15) is 25.1 Å². The minimum absolute atomic E-state index is 0.126. The number of alkyl halides is 3. The van der Waals surface area contributed by atoms with Crippen LogP contribution in [0.25, 0.3) is 11.0 Å². The summed E-state index contributed by atoms with van der Waals surface area (Å²) < 4.78 is 40.3. The van der Waals surface area contributed by atoms with E-state index in [2.05, 4.69) is 15.8 Å². The van der Waals surface area contributed by atoms with E-state index in [1.165, 1.54) is 12.1 Å². The Morgan fingerprint density at radius 3 is 2.62 bits per heavy atom. The van der Waals surface area contributed by atoms with Gasteiger partial charge in [-0.15, -0.1) is 0 Å². The number of allylic oxidation sites excluding steroid dienone is 2. The first-order valence-corrected chi connectivity index (χ1v) is 8.11. The number of hydrogen-bond acceptors (Lipinski definition) is 3. The van der Waals surface area contributed by atoms with Crippen LogP contribution >= 0.6 is 0 Å². The van der Waals surface area contributed by atoms with Gasteiger partial charge in [-0.25, -0.2) is 4.98 Å². The van der Waals surface area contributed by atoms with Crippen LogP contribution in [-0.2, 0) is 22.3 Å². The number of hydrazine groups is 1. The fourth-order valence-electron chi connectivity index (χ4n) is 2.93. The summed E-state index contributed by atoms with van der Waals surface area (Å²) in [5.41, 5.74) is 4.74. The normalized spacial score (nSPS) is 16.8. The third-order valence-electron chi connectivity index (χ3n) is 4.11. The molecule has 3 rings (SSSR count). The lowest BCUT2D eigenvalue weighted by Gasteiger charge is -2.13. The topological polar surface area (TPSA) is 76.0 Å². The number of carbonyl (C=O) groups excluding carboxylic acids is 2. The Hall–Kier alpha value is -2.84. The van der Waals surface area contributed by atoms with Gasteiger partial charge in [0.2, 0.25) is 11.7 Å². The van der Waals surface area contributed by atoms with E-state index < -0.39 is 24.5 Å². The van der Waals surface area contributed by atoms with Gasteiger partial charge in [0.15, 0.2) is 0 Å². The molecule has 9 heteroatoms. The van der Waals surface area contributed by atoms with E-state index in [9.17, 15) is 22.8 Å². The van der Waals surface area contributed by atoms with Gasteiger partial charge < -0.3 is 4.57 Å².